The summed E-state index contributed by atoms with van der Waals surface area (Å²) in [4.78, 5) is 23.1. The highest BCUT2D eigenvalue weighted by molar-refractivity contribution is 6.35. The zero-order valence-electron chi connectivity index (χ0n) is 15.2. The molecule has 0 aliphatic heterocycles. The molecule has 156 valence electrons. The number of hydrogen-bond acceptors (Lipinski definition) is 3. The SMILES string of the molecule is CC(=O)Nc1ccc(NC(=O)CCCOc2ccc(Cl)cc2Cl)c(C(F)(F)F)c1. The summed E-state index contributed by atoms with van der Waals surface area (Å²) < 4.78 is 45.2. The van der Waals surface area contributed by atoms with Crippen molar-refractivity contribution >= 4 is 46.4 Å². The number of anilines is 2. The molecule has 2 aromatic rings. The van der Waals surface area contributed by atoms with Crippen LogP contribution in [0.2, 0.25) is 10.0 Å². The second-order valence-electron chi connectivity index (χ2n) is 6.01. The molecular weight excluding hydrogens is 432 g/mol. The highest BCUT2D eigenvalue weighted by atomic mass is 35.5. The van der Waals surface area contributed by atoms with Crippen molar-refractivity contribution in [3.63, 3.8) is 0 Å². The number of alkyl halides is 3. The molecule has 2 amide bonds. The number of nitrogens with one attached hydrogen (secondary N) is 2. The van der Waals surface area contributed by atoms with E-state index in [9.17, 15) is 22.8 Å². The summed E-state index contributed by atoms with van der Waals surface area (Å²) in [5, 5.41) is 5.29. The van der Waals surface area contributed by atoms with Crippen molar-refractivity contribution in [1.29, 1.82) is 0 Å². The second kappa shape index (κ2) is 9.84. The number of benzene rings is 2. The smallest absolute Gasteiger partial charge is 0.418 e. The maximum atomic E-state index is 13.3. The maximum absolute atomic E-state index is 13.3. The average Bonchev–Trinajstić information content (AvgIpc) is 2.60. The van der Waals surface area contributed by atoms with Crippen LogP contribution >= 0.6 is 23.2 Å². The Kier molecular flexibility index (Phi) is 7.75. The van der Waals surface area contributed by atoms with Gasteiger partial charge >= 0.3 is 6.18 Å². The van der Waals surface area contributed by atoms with E-state index in [-0.39, 0.29) is 25.1 Å². The van der Waals surface area contributed by atoms with Gasteiger partial charge < -0.3 is 15.4 Å². The number of carbonyl (C=O) groups excluding carboxylic acids is 2. The minimum Gasteiger partial charge on any atom is -0.492 e. The number of hydrogen-bond donors (Lipinski definition) is 2. The Morgan fingerprint density at radius 3 is 2.41 bits per heavy atom. The monoisotopic (exact) mass is 448 g/mol. The Labute approximate surface area is 175 Å². The summed E-state index contributed by atoms with van der Waals surface area (Å²) in [7, 11) is 0. The van der Waals surface area contributed by atoms with Crippen molar-refractivity contribution < 1.29 is 27.5 Å². The van der Waals surface area contributed by atoms with Gasteiger partial charge in [0.1, 0.15) is 5.75 Å². The third-order valence-electron chi connectivity index (χ3n) is 3.62. The Balaban J connectivity index is 1.94. The van der Waals surface area contributed by atoms with Crippen LogP contribution in [0.3, 0.4) is 0 Å². The molecule has 29 heavy (non-hydrogen) atoms. The molecule has 0 atom stereocenters. The molecule has 0 radical (unpaired) electrons. The third kappa shape index (κ3) is 7.14. The molecular formula is C19H17Cl2F3N2O3. The predicted molar refractivity (Wildman–Crippen MR) is 106 cm³/mol. The lowest BCUT2D eigenvalue weighted by Crippen LogP contribution is -2.18. The van der Waals surface area contributed by atoms with Crippen LogP contribution in [0.15, 0.2) is 36.4 Å². The maximum Gasteiger partial charge on any atom is 0.418 e. The van der Waals surface area contributed by atoms with Gasteiger partial charge in [-0.25, -0.2) is 0 Å². The van der Waals surface area contributed by atoms with Crippen LogP contribution < -0.4 is 15.4 Å². The van der Waals surface area contributed by atoms with Gasteiger partial charge in [-0.05, 0) is 42.8 Å². The van der Waals surface area contributed by atoms with Crippen molar-refractivity contribution in [3.05, 3.63) is 52.0 Å². The fraction of sp³-hybridized carbons (Fsp3) is 0.263. The van der Waals surface area contributed by atoms with Crippen LogP contribution in [0.25, 0.3) is 0 Å². The summed E-state index contributed by atoms with van der Waals surface area (Å²) in [6.07, 6.45) is -4.50. The van der Waals surface area contributed by atoms with Gasteiger partial charge in [0.15, 0.2) is 0 Å². The molecule has 2 rings (SSSR count). The number of amides is 2. The molecule has 0 unspecified atom stereocenters. The topological polar surface area (TPSA) is 67.4 Å². The van der Waals surface area contributed by atoms with Gasteiger partial charge in [-0.15, -0.1) is 0 Å². The van der Waals surface area contributed by atoms with E-state index in [2.05, 4.69) is 10.6 Å². The molecule has 0 saturated heterocycles. The Morgan fingerprint density at radius 1 is 1.07 bits per heavy atom. The summed E-state index contributed by atoms with van der Waals surface area (Å²) in [6, 6.07) is 7.82. The van der Waals surface area contributed by atoms with E-state index in [1.54, 1.807) is 12.1 Å². The first-order valence-corrected chi connectivity index (χ1v) is 9.18. The number of ether oxygens (including phenoxy) is 1. The van der Waals surface area contributed by atoms with Gasteiger partial charge in [-0.1, -0.05) is 23.2 Å². The molecule has 0 bridgehead atoms. The zero-order valence-corrected chi connectivity index (χ0v) is 16.7. The molecule has 2 aromatic carbocycles. The molecule has 5 nitrogen and oxygen atoms in total. The quantitative estimate of drug-likeness (QED) is 0.528. The van der Waals surface area contributed by atoms with Gasteiger partial charge in [-0.2, -0.15) is 13.2 Å². The Morgan fingerprint density at radius 2 is 1.79 bits per heavy atom. The van der Waals surface area contributed by atoms with Gasteiger partial charge in [0.25, 0.3) is 0 Å². The van der Waals surface area contributed by atoms with Crippen molar-refractivity contribution in [1.82, 2.24) is 0 Å². The lowest BCUT2D eigenvalue weighted by molar-refractivity contribution is -0.137. The van der Waals surface area contributed by atoms with Crippen LogP contribution in [0.4, 0.5) is 24.5 Å². The highest BCUT2D eigenvalue weighted by Crippen LogP contribution is 2.36. The van der Waals surface area contributed by atoms with Gasteiger partial charge in [0.2, 0.25) is 11.8 Å². The highest BCUT2D eigenvalue weighted by Gasteiger charge is 2.34. The van der Waals surface area contributed by atoms with E-state index < -0.39 is 29.2 Å². The summed E-state index contributed by atoms with van der Waals surface area (Å²) in [5.41, 5.74) is -1.46. The Hall–Kier alpha value is -2.45. The van der Waals surface area contributed by atoms with Crippen molar-refractivity contribution in [2.45, 2.75) is 25.9 Å². The summed E-state index contributed by atoms with van der Waals surface area (Å²) >= 11 is 11.7. The van der Waals surface area contributed by atoms with Crippen LogP contribution in [0.5, 0.6) is 5.75 Å². The number of halogens is 5. The number of carbonyl (C=O) groups is 2. The van der Waals surface area contributed by atoms with Crippen LogP contribution in [0.1, 0.15) is 25.3 Å². The largest absolute Gasteiger partial charge is 0.492 e. The minimum absolute atomic E-state index is 0.0175. The predicted octanol–water partition coefficient (Wildman–Crippen LogP) is 5.77. The van der Waals surface area contributed by atoms with E-state index in [1.165, 1.54) is 19.1 Å². The van der Waals surface area contributed by atoms with Crippen LogP contribution in [-0.2, 0) is 15.8 Å². The first-order valence-electron chi connectivity index (χ1n) is 8.43. The lowest BCUT2D eigenvalue weighted by atomic mass is 10.1. The molecule has 0 heterocycles. The van der Waals surface area contributed by atoms with Crippen molar-refractivity contribution in [2.75, 3.05) is 17.2 Å². The molecule has 10 heteroatoms. The molecule has 0 spiro atoms. The average molecular weight is 449 g/mol. The lowest BCUT2D eigenvalue weighted by Gasteiger charge is -2.15. The minimum atomic E-state index is -4.70. The molecule has 0 aromatic heterocycles. The number of rotatable bonds is 7. The first kappa shape index (κ1) is 22.8. The molecule has 0 fully saturated rings. The fourth-order valence-electron chi connectivity index (χ4n) is 2.39. The normalized spacial score (nSPS) is 11.1. The van der Waals surface area contributed by atoms with Gasteiger partial charge in [-0.3, -0.25) is 9.59 Å². The zero-order chi connectivity index (χ0) is 21.6. The van der Waals surface area contributed by atoms with Crippen molar-refractivity contribution in [2.24, 2.45) is 0 Å². The van der Waals surface area contributed by atoms with E-state index >= 15 is 0 Å². The van der Waals surface area contributed by atoms with Crippen LogP contribution in [0, 0.1) is 0 Å². The molecule has 2 N–H and O–H groups in total. The van der Waals surface area contributed by atoms with E-state index in [0.29, 0.717) is 15.8 Å². The van der Waals surface area contributed by atoms with Gasteiger partial charge in [0.05, 0.1) is 22.9 Å². The second-order valence-corrected chi connectivity index (χ2v) is 6.86. The first-order chi connectivity index (χ1) is 13.6. The fourth-order valence-corrected chi connectivity index (χ4v) is 2.85. The summed E-state index contributed by atoms with van der Waals surface area (Å²) in [6.45, 7) is 1.32. The van der Waals surface area contributed by atoms with E-state index in [1.807, 2.05) is 0 Å². The molecule has 0 aliphatic carbocycles. The van der Waals surface area contributed by atoms with Crippen LogP contribution in [-0.4, -0.2) is 18.4 Å². The third-order valence-corrected chi connectivity index (χ3v) is 4.15. The molecule has 0 saturated carbocycles. The molecule has 0 aliphatic rings. The standard InChI is InChI=1S/C19H17Cl2F3N2O3/c1-11(27)25-13-5-6-16(14(10-13)19(22,23)24)26-18(28)3-2-8-29-17-7-4-12(20)9-15(17)21/h4-7,9-10H,2-3,8H2,1H3,(H,25,27)(H,26,28). The van der Waals surface area contributed by atoms with E-state index in [0.717, 1.165) is 12.1 Å². The van der Waals surface area contributed by atoms with Crippen molar-refractivity contribution in [3.8, 4) is 5.75 Å². The van der Waals surface area contributed by atoms with Gasteiger partial charge in [0, 0.05) is 24.1 Å². The summed E-state index contributed by atoms with van der Waals surface area (Å²) in [5.74, 6) is -0.714. The van der Waals surface area contributed by atoms with E-state index in [4.69, 9.17) is 27.9 Å². The Bertz CT molecular complexity index is 905.